The summed E-state index contributed by atoms with van der Waals surface area (Å²) in [7, 11) is 1.91. The Bertz CT molecular complexity index is 1490. The third kappa shape index (κ3) is 3.47. The number of benzene rings is 3. The van der Waals surface area contributed by atoms with Crippen LogP contribution in [0.1, 0.15) is 33.2 Å². The fourth-order valence-electron chi connectivity index (χ4n) is 4.25. The minimum absolute atomic E-state index is 0.0269. The number of allylic oxidation sites excluding steroid dienone is 1. The minimum Gasteiger partial charge on any atom is -0.508 e. The molecule has 0 fully saturated rings. The van der Waals surface area contributed by atoms with Gasteiger partial charge in [0.2, 0.25) is 5.78 Å². The lowest BCUT2D eigenvalue weighted by Crippen LogP contribution is -2.04. The van der Waals surface area contributed by atoms with Crippen LogP contribution in [-0.4, -0.2) is 33.1 Å². The van der Waals surface area contributed by atoms with Crippen LogP contribution >= 0.6 is 0 Å². The molecule has 1 aliphatic rings. The molecule has 5 rings (SSSR count). The molecule has 7 heteroatoms. The van der Waals surface area contributed by atoms with Crippen molar-refractivity contribution in [2.75, 3.05) is 6.61 Å². The van der Waals surface area contributed by atoms with Crippen LogP contribution in [0.15, 0.2) is 66.6 Å². The molecule has 7 nitrogen and oxygen atoms in total. The van der Waals surface area contributed by atoms with Crippen LogP contribution in [0.5, 0.6) is 17.2 Å². The van der Waals surface area contributed by atoms with E-state index in [1.54, 1.807) is 25.1 Å². The van der Waals surface area contributed by atoms with Crippen LogP contribution in [0.2, 0.25) is 0 Å². The number of rotatable bonds is 4. The first kappa shape index (κ1) is 21.3. The number of phenolic OH excluding ortho intramolecular Hbond substituents is 2. The van der Waals surface area contributed by atoms with Crippen molar-refractivity contribution in [2.24, 2.45) is 7.05 Å². The summed E-state index contributed by atoms with van der Waals surface area (Å²) in [6.07, 6.45) is 3.53. The number of hydrogen-bond acceptors (Lipinski definition) is 6. The molecule has 4 aromatic rings. The number of carbonyl (C=O) groups is 2. The molecule has 34 heavy (non-hydrogen) atoms. The van der Waals surface area contributed by atoms with E-state index in [0.717, 1.165) is 33.7 Å². The summed E-state index contributed by atoms with van der Waals surface area (Å²) >= 11 is 0. The van der Waals surface area contributed by atoms with Crippen molar-refractivity contribution >= 4 is 28.7 Å². The molecule has 0 unspecified atom stereocenters. The first-order chi connectivity index (χ1) is 16.4. The Hall–Kier alpha value is -4.52. The van der Waals surface area contributed by atoms with Crippen LogP contribution in [-0.2, 0) is 11.8 Å². The maximum atomic E-state index is 12.9. The minimum atomic E-state index is -0.458. The van der Waals surface area contributed by atoms with E-state index in [1.807, 2.05) is 48.1 Å². The van der Waals surface area contributed by atoms with Crippen molar-refractivity contribution in [2.45, 2.75) is 6.92 Å². The molecule has 0 radical (unpaired) electrons. The molecule has 2 N–H and O–H groups in total. The number of carbonyl (C=O) groups excluding carboxylic acids is 2. The number of aromatic hydroxyl groups is 2. The average Bonchev–Trinajstić information content (AvgIpc) is 3.30. The summed E-state index contributed by atoms with van der Waals surface area (Å²) in [5, 5.41) is 20.7. The number of esters is 1. The lowest BCUT2D eigenvalue weighted by Gasteiger charge is -2.08. The van der Waals surface area contributed by atoms with Gasteiger partial charge >= 0.3 is 5.97 Å². The molecule has 3 aromatic carbocycles. The van der Waals surface area contributed by atoms with E-state index in [-0.39, 0.29) is 34.5 Å². The normalized spacial score (nSPS) is 13.8. The van der Waals surface area contributed by atoms with E-state index in [1.165, 1.54) is 6.07 Å². The van der Waals surface area contributed by atoms with E-state index >= 15 is 0 Å². The number of hydrogen-bond donors (Lipinski definition) is 2. The number of fused-ring (bicyclic) bond motifs is 2. The number of Topliss-reactive ketones (excluding diaryl/α,β-unsaturated/α-hetero) is 1. The van der Waals surface area contributed by atoms with Gasteiger partial charge in [-0.25, -0.2) is 4.79 Å². The Balaban J connectivity index is 1.60. The fraction of sp³-hybridized carbons (Fsp3) is 0.111. The molecule has 0 saturated heterocycles. The van der Waals surface area contributed by atoms with Crippen molar-refractivity contribution in [3.05, 3.63) is 83.2 Å². The van der Waals surface area contributed by atoms with Crippen molar-refractivity contribution < 1.29 is 29.3 Å². The van der Waals surface area contributed by atoms with Gasteiger partial charge in [0.25, 0.3) is 0 Å². The SMILES string of the molecule is CCOC(=O)c1ccc(-c2cccc3c2c(C=C2Oc4cc(O)cc(O)c4C2=O)cn3C)cc1. The van der Waals surface area contributed by atoms with Crippen molar-refractivity contribution in [1.29, 1.82) is 0 Å². The standard InChI is InChI=1S/C27H21NO6/c1-3-33-27(32)16-9-7-15(8-10-16)19-5-4-6-20-24(19)17(14-28(20)2)11-23-26(31)25-21(30)12-18(29)13-22(25)34-23/h4-14,29-30H,3H2,1-2H3. The summed E-state index contributed by atoms with van der Waals surface area (Å²) in [4.78, 5) is 24.9. The van der Waals surface area contributed by atoms with Gasteiger partial charge in [-0.1, -0.05) is 24.3 Å². The van der Waals surface area contributed by atoms with Crippen molar-refractivity contribution in [1.82, 2.24) is 4.57 Å². The largest absolute Gasteiger partial charge is 0.508 e. The third-order valence-corrected chi connectivity index (χ3v) is 5.77. The number of nitrogens with zero attached hydrogens (tertiary/aromatic N) is 1. The van der Waals surface area contributed by atoms with Gasteiger partial charge in [-0.15, -0.1) is 0 Å². The first-order valence-corrected chi connectivity index (χ1v) is 10.7. The smallest absolute Gasteiger partial charge is 0.338 e. The quantitative estimate of drug-likeness (QED) is 0.330. The Morgan fingerprint density at radius 3 is 2.62 bits per heavy atom. The first-order valence-electron chi connectivity index (χ1n) is 10.7. The second-order valence-electron chi connectivity index (χ2n) is 7.97. The van der Waals surface area contributed by atoms with E-state index < -0.39 is 5.78 Å². The molecular formula is C27H21NO6. The van der Waals surface area contributed by atoms with Crippen LogP contribution < -0.4 is 4.74 Å². The van der Waals surface area contributed by atoms with Crippen LogP contribution in [0.3, 0.4) is 0 Å². The van der Waals surface area contributed by atoms with E-state index in [0.29, 0.717) is 12.2 Å². The topological polar surface area (TPSA) is 98.0 Å². The van der Waals surface area contributed by atoms with Crippen LogP contribution in [0, 0.1) is 0 Å². The van der Waals surface area contributed by atoms with Gasteiger partial charge in [-0.3, -0.25) is 4.79 Å². The average molecular weight is 455 g/mol. The Labute approximate surface area is 195 Å². The summed E-state index contributed by atoms with van der Waals surface area (Å²) in [5.74, 6) is -1.18. The van der Waals surface area contributed by atoms with Gasteiger partial charge < -0.3 is 24.3 Å². The van der Waals surface area contributed by atoms with Crippen molar-refractivity contribution in [3.8, 4) is 28.4 Å². The van der Waals surface area contributed by atoms with Crippen LogP contribution in [0.4, 0.5) is 0 Å². The highest BCUT2D eigenvalue weighted by Gasteiger charge is 2.31. The highest BCUT2D eigenvalue weighted by atomic mass is 16.5. The maximum absolute atomic E-state index is 12.9. The predicted octanol–water partition coefficient (Wildman–Crippen LogP) is 5.05. The molecule has 0 amide bonds. The van der Waals surface area contributed by atoms with Gasteiger partial charge in [-0.2, -0.15) is 0 Å². The zero-order valence-electron chi connectivity index (χ0n) is 18.5. The maximum Gasteiger partial charge on any atom is 0.338 e. The summed E-state index contributed by atoms with van der Waals surface area (Å²) in [6.45, 7) is 2.07. The second-order valence-corrected chi connectivity index (χ2v) is 7.97. The summed E-state index contributed by atoms with van der Waals surface area (Å²) in [5.41, 5.74) is 4.01. The monoisotopic (exact) mass is 455 g/mol. The lowest BCUT2D eigenvalue weighted by atomic mass is 9.97. The molecule has 0 spiro atoms. The molecule has 0 atom stereocenters. The lowest BCUT2D eigenvalue weighted by molar-refractivity contribution is 0.0526. The van der Waals surface area contributed by atoms with E-state index in [9.17, 15) is 19.8 Å². The second kappa shape index (κ2) is 8.12. The third-order valence-electron chi connectivity index (χ3n) is 5.77. The highest BCUT2D eigenvalue weighted by molar-refractivity contribution is 6.17. The number of ketones is 1. The van der Waals surface area contributed by atoms with Gasteiger partial charge in [0.05, 0.1) is 12.2 Å². The van der Waals surface area contributed by atoms with Crippen LogP contribution in [0.25, 0.3) is 28.1 Å². The van der Waals surface area contributed by atoms with Crippen molar-refractivity contribution in [3.63, 3.8) is 0 Å². The molecule has 170 valence electrons. The number of aryl methyl sites for hydroxylation is 1. The molecule has 0 saturated carbocycles. The van der Waals surface area contributed by atoms with E-state index in [2.05, 4.69) is 0 Å². The van der Waals surface area contributed by atoms with Gasteiger partial charge in [0, 0.05) is 41.8 Å². The Morgan fingerprint density at radius 2 is 1.88 bits per heavy atom. The molecule has 1 aliphatic heterocycles. The number of ether oxygens (including phenoxy) is 2. The summed E-state index contributed by atoms with van der Waals surface area (Å²) < 4.78 is 12.7. The Morgan fingerprint density at radius 1 is 1.12 bits per heavy atom. The zero-order chi connectivity index (χ0) is 24.0. The molecule has 2 heterocycles. The number of phenols is 2. The predicted molar refractivity (Wildman–Crippen MR) is 127 cm³/mol. The summed E-state index contributed by atoms with van der Waals surface area (Å²) in [6, 6.07) is 15.5. The van der Waals surface area contributed by atoms with Gasteiger partial charge in [0.15, 0.2) is 5.76 Å². The van der Waals surface area contributed by atoms with Gasteiger partial charge in [-0.05, 0) is 42.3 Å². The molecular weight excluding hydrogens is 434 g/mol. The molecule has 0 aliphatic carbocycles. The van der Waals surface area contributed by atoms with E-state index in [4.69, 9.17) is 9.47 Å². The zero-order valence-corrected chi connectivity index (χ0v) is 18.5. The highest BCUT2D eigenvalue weighted by Crippen LogP contribution is 2.41. The van der Waals surface area contributed by atoms with Gasteiger partial charge in [0.1, 0.15) is 22.8 Å². The fourth-order valence-corrected chi connectivity index (χ4v) is 4.25. The molecule has 1 aromatic heterocycles. The number of aromatic nitrogens is 1. The molecule has 0 bridgehead atoms. The Kier molecular flexibility index (Phi) is 5.09.